The molecule has 0 spiro atoms. The van der Waals surface area contributed by atoms with Crippen LogP contribution in [-0.4, -0.2) is 22.5 Å². The van der Waals surface area contributed by atoms with E-state index in [-0.39, 0.29) is 18.0 Å². The van der Waals surface area contributed by atoms with E-state index in [1.807, 2.05) is 13.0 Å². The molecule has 0 radical (unpaired) electrons. The molecule has 21 heavy (non-hydrogen) atoms. The molecule has 1 amide bonds. The predicted octanol–water partition coefficient (Wildman–Crippen LogP) is 1.79. The van der Waals surface area contributed by atoms with Gasteiger partial charge in [0.2, 0.25) is 5.91 Å². The third-order valence-electron chi connectivity index (χ3n) is 2.88. The molecule has 0 saturated heterocycles. The van der Waals surface area contributed by atoms with Gasteiger partial charge in [-0.3, -0.25) is 14.9 Å². The van der Waals surface area contributed by atoms with Crippen molar-refractivity contribution in [2.24, 2.45) is 0 Å². The number of hydrogen-bond donors (Lipinski definition) is 1. The second kappa shape index (κ2) is 6.65. The Balaban J connectivity index is 1.77. The SMILES string of the molecule is Cc1cc(CCNC(=O)Cc2ccc([N+](=O)[O-])cc2)on1. The lowest BCUT2D eigenvalue weighted by molar-refractivity contribution is -0.384. The molecule has 7 nitrogen and oxygen atoms in total. The number of nitro groups is 1. The van der Waals surface area contributed by atoms with Gasteiger partial charge in [-0.1, -0.05) is 17.3 Å². The van der Waals surface area contributed by atoms with E-state index in [0.29, 0.717) is 13.0 Å². The molecule has 0 aliphatic rings. The number of aromatic nitrogens is 1. The highest BCUT2D eigenvalue weighted by atomic mass is 16.6. The van der Waals surface area contributed by atoms with Gasteiger partial charge in [0.25, 0.3) is 5.69 Å². The lowest BCUT2D eigenvalue weighted by atomic mass is 10.1. The maximum absolute atomic E-state index is 11.7. The van der Waals surface area contributed by atoms with Crippen LogP contribution in [0.15, 0.2) is 34.9 Å². The van der Waals surface area contributed by atoms with Gasteiger partial charge in [-0.2, -0.15) is 0 Å². The predicted molar refractivity (Wildman–Crippen MR) is 74.8 cm³/mol. The van der Waals surface area contributed by atoms with E-state index in [1.54, 1.807) is 12.1 Å². The van der Waals surface area contributed by atoms with E-state index in [9.17, 15) is 14.9 Å². The van der Waals surface area contributed by atoms with Gasteiger partial charge in [-0.05, 0) is 12.5 Å². The van der Waals surface area contributed by atoms with E-state index >= 15 is 0 Å². The van der Waals surface area contributed by atoms with Crippen LogP contribution in [0, 0.1) is 17.0 Å². The zero-order valence-corrected chi connectivity index (χ0v) is 11.5. The topological polar surface area (TPSA) is 98.3 Å². The van der Waals surface area contributed by atoms with Crippen molar-refractivity contribution in [2.75, 3.05) is 6.54 Å². The Labute approximate surface area is 121 Å². The molecule has 2 aromatic rings. The Hall–Kier alpha value is -2.70. The zero-order chi connectivity index (χ0) is 15.2. The molecule has 0 aliphatic carbocycles. The normalized spacial score (nSPS) is 10.3. The molecule has 0 atom stereocenters. The quantitative estimate of drug-likeness (QED) is 0.645. The van der Waals surface area contributed by atoms with Crippen molar-refractivity contribution in [3.8, 4) is 0 Å². The maximum atomic E-state index is 11.7. The molecular formula is C14H15N3O4. The zero-order valence-electron chi connectivity index (χ0n) is 11.5. The minimum absolute atomic E-state index is 0.0137. The standard InChI is InChI=1S/C14H15N3O4/c1-10-8-13(21-16-10)6-7-15-14(18)9-11-2-4-12(5-3-11)17(19)20/h2-5,8H,6-7,9H2,1H3,(H,15,18). The Morgan fingerprint density at radius 3 is 2.67 bits per heavy atom. The number of nitrogens with zero attached hydrogens (tertiary/aromatic N) is 2. The second-order valence-corrected chi connectivity index (χ2v) is 4.63. The highest BCUT2D eigenvalue weighted by molar-refractivity contribution is 5.78. The molecular weight excluding hydrogens is 274 g/mol. The van der Waals surface area contributed by atoms with Crippen molar-refractivity contribution in [3.05, 3.63) is 57.5 Å². The van der Waals surface area contributed by atoms with Crippen LogP contribution in [0.3, 0.4) is 0 Å². The molecule has 7 heteroatoms. The maximum Gasteiger partial charge on any atom is 0.269 e. The van der Waals surface area contributed by atoms with Gasteiger partial charge in [0.05, 0.1) is 17.0 Å². The van der Waals surface area contributed by atoms with E-state index < -0.39 is 4.92 Å². The van der Waals surface area contributed by atoms with Crippen LogP contribution in [0.4, 0.5) is 5.69 Å². The van der Waals surface area contributed by atoms with E-state index in [2.05, 4.69) is 10.5 Å². The molecule has 0 bridgehead atoms. The number of aryl methyl sites for hydroxylation is 1. The summed E-state index contributed by atoms with van der Waals surface area (Å²) in [4.78, 5) is 21.8. The average Bonchev–Trinajstić information content (AvgIpc) is 2.85. The Bertz CT molecular complexity index is 634. The fraction of sp³-hybridized carbons (Fsp3) is 0.286. The molecule has 1 aromatic carbocycles. The first-order chi connectivity index (χ1) is 10.0. The van der Waals surface area contributed by atoms with Gasteiger partial charge in [-0.25, -0.2) is 0 Å². The lowest BCUT2D eigenvalue weighted by Crippen LogP contribution is -2.27. The summed E-state index contributed by atoms with van der Waals surface area (Å²) in [5.41, 5.74) is 1.55. The minimum atomic E-state index is -0.469. The van der Waals surface area contributed by atoms with Gasteiger partial charge in [0, 0.05) is 31.2 Å². The molecule has 1 N–H and O–H groups in total. The lowest BCUT2D eigenvalue weighted by Gasteiger charge is -2.03. The van der Waals surface area contributed by atoms with Crippen LogP contribution < -0.4 is 5.32 Å². The Morgan fingerprint density at radius 2 is 2.10 bits per heavy atom. The average molecular weight is 289 g/mol. The van der Waals surface area contributed by atoms with Crippen molar-refractivity contribution in [3.63, 3.8) is 0 Å². The first kappa shape index (κ1) is 14.7. The summed E-state index contributed by atoms with van der Waals surface area (Å²) in [6.45, 7) is 2.29. The van der Waals surface area contributed by atoms with E-state index in [4.69, 9.17) is 4.52 Å². The summed E-state index contributed by atoms with van der Waals surface area (Å²) in [7, 11) is 0. The molecule has 1 heterocycles. The molecule has 110 valence electrons. The number of amides is 1. The van der Waals surface area contributed by atoms with Crippen molar-refractivity contribution in [1.29, 1.82) is 0 Å². The number of benzene rings is 1. The first-order valence-corrected chi connectivity index (χ1v) is 6.47. The monoisotopic (exact) mass is 289 g/mol. The molecule has 0 saturated carbocycles. The molecule has 0 fully saturated rings. The number of non-ortho nitro benzene ring substituents is 1. The van der Waals surface area contributed by atoms with E-state index in [1.165, 1.54) is 12.1 Å². The smallest absolute Gasteiger partial charge is 0.269 e. The number of carbonyl (C=O) groups excluding carboxylic acids is 1. The number of hydrogen-bond acceptors (Lipinski definition) is 5. The van der Waals surface area contributed by atoms with Crippen molar-refractivity contribution >= 4 is 11.6 Å². The van der Waals surface area contributed by atoms with E-state index in [0.717, 1.165) is 17.0 Å². The summed E-state index contributed by atoms with van der Waals surface area (Å²) in [5.74, 6) is 0.586. The van der Waals surface area contributed by atoms with Crippen LogP contribution >= 0.6 is 0 Å². The molecule has 1 aromatic heterocycles. The van der Waals surface area contributed by atoms with Gasteiger partial charge in [0.1, 0.15) is 5.76 Å². The summed E-state index contributed by atoms with van der Waals surface area (Å²) in [6, 6.07) is 7.76. The Kier molecular flexibility index (Phi) is 4.65. The fourth-order valence-electron chi connectivity index (χ4n) is 1.84. The highest BCUT2D eigenvalue weighted by Gasteiger charge is 2.07. The van der Waals surface area contributed by atoms with Gasteiger partial charge in [0.15, 0.2) is 0 Å². The fourth-order valence-corrected chi connectivity index (χ4v) is 1.84. The second-order valence-electron chi connectivity index (χ2n) is 4.63. The van der Waals surface area contributed by atoms with Crippen LogP contribution in [-0.2, 0) is 17.6 Å². The highest BCUT2D eigenvalue weighted by Crippen LogP contribution is 2.12. The summed E-state index contributed by atoms with van der Waals surface area (Å²) in [5, 5.41) is 17.1. The molecule has 0 unspecified atom stereocenters. The minimum Gasteiger partial charge on any atom is -0.361 e. The number of carbonyl (C=O) groups is 1. The van der Waals surface area contributed by atoms with Crippen molar-refractivity contribution in [2.45, 2.75) is 19.8 Å². The molecule has 2 rings (SSSR count). The number of rotatable bonds is 6. The summed E-state index contributed by atoms with van der Waals surface area (Å²) in [6.07, 6.45) is 0.764. The van der Waals surface area contributed by atoms with Crippen molar-refractivity contribution in [1.82, 2.24) is 10.5 Å². The van der Waals surface area contributed by atoms with Crippen LogP contribution in [0.2, 0.25) is 0 Å². The largest absolute Gasteiger partial charge is 0.361 e. The number of nitro benzene ring substituents is 1. The summed E-state index contributed by atoms with van der Waals surface area (Å²) >= 11 is 0. The van der Waals surface area contributed by atoms with Gasteiger partial charge >= 0.3 is 0 Å². The third-order valence-corrected chi connectivity index (χ3v) is 2.88. The Morgan fingerprint density at radius 1 is 1.38 bits per heavy atom. The first-order valence-electron chi connectivity index (χ1n) is 6.47. The molecule has 0 aliphatic heterocycles. The van der Waals surface area contributed by atoms with Crippen LogP contribution in [0.25, 0.3) is 0 Å². The van der Waals surface area contributed by atoms with Crippen molar-refractivity contribution < 1.29 is 14.2 Å². The number of nitrogens with one attached hydrogen (secondary N) is 1. The third kappa shape index (κ3) is 4.41. The van der Waals surface area contributed by atoms with Crippen LogP contribution in [0.1, 0.15) is 17.0 Å². The van der Waals surface area contributed by atoms with Crippen LogP contribution in [0.5, 0.6) is 0 Å². The summed E-state index contributed by atoms with van der Waals surface area (Å²) < 4.78 is 5.03. The van der Waals surface area contributed by atoms with Gasteiger partial charge in [-0.15, -0.1) is 0 Å². The van der Waals surface area contributed by atoms with Gasteiger partial charge < -0.3 is 9.84 Å².